The van der Waals surface area contributed by atoms with Crippen LogP contribution in [0.2, 0.25) is 0 Å². The summed E-state index contributed by atoms with van der Waals surface area (Å²) in [6, 6.07) is 4.83. The zero-order chi connectivity index (χ0) is 10.6. The number of hydrogen-bond acceptors (Lipinski definition) is 4. The Morgan fingerprint density at radius 3 is 2.71 bits per heavy atom. The van der Waals surface area contributed by atoms with Gasteiger partial charge in [-0.15, -0.1) is 0 Å². The Balaban J connectivity index is 2.99. The summed E-state index contributed by atoms with van der Waals surface area (Å²) in [6.07, 6.45) is 0. The monoisotopic (exact) mass is 196 g/mol. The molecule has 0 aliphatic heterocycles. The third kappa shape index (κ3) is 2.14. The number of nitrogen functional groups attached to an aromatic ring is 1. The molecule has 0 bridgehead atoms. The van der Waals surface area contributed by atoms with Crippen molar-refractivity contribution in [2.24, 2.45) is 0 Å². The highest BCUT2D eigenvalue weighted by molar-refractivity contribution is 5.98. The zero-order valence-electron chi connectivity index (χ0n) is 8.03. The van der Waals surface area contributed by atoms with E-state index in [9.17, 15) is 4.79 Å². The average molecular weight is 196 g/mol. The van der Waals surface area contributed by atoms with Crippen molar-refractivity contribution in [2.75, 3.05) is 20.0 Å². The molecule has 1 amide bonds. The summed E-state index contributed by atoms with van der Waals surface area (Å²) in [7, 11) is 2.87. The predicted molar refractivity (Wildman–Crippen MR) is 51.9 cm³/mol. The Labute approximate surface area is 81.8 Å². The smallest absolute Gasteiger partial charge is 0.277 e. The molecule has 0 saturated carbocycles. The van der Waals surface area contributed by atoms with Crippen LogP contribution in [-0.2, 0) is 4.84 Å². The van der Waals surface area contributed by atoms with Crippen LogP contribution in [0.5, 0.6) is 5.75 Å². The summed E-state index contributed by atoms with van der Waals surface area (Å²) < 4.78 is 4.96. The number of benzene rings is 1. The molecular formula is C9H12N2O3. The number of methoxy groups -OCH3 is 1. The normalized spacial score (nSPS) is 9.57. The maximum atomic E-state index is 11.4. The van der Waals surface area contributed by atoms with Crippen LogP contribution >= 0.6 is 0 Å². The van der Waals surface area contributed by atoms with Gasteiger partial charge in [0.1, 0.15) is 5.75 Å². The van der Waals surface area contributed by atoms with E-state index in [0.29, 0.717) is 17.0 Å². The highest BCUT2D eigenvalue weighted by Gasteiger charge is 2.10. The molecule has 14 heavy (non-hydrogen) atoms. The third-order valence-corrected chi connectivity index (χ3v) is 1.70. The van der Waals surface area contributed by atoms with Gasteiger partial charge in [0.05, 0.1) is 19.8 Å². The Morgan fingerprint density at radius 2 is 2.14 bits per heavy atom. The minimum absolute atomic E-state index is 0.325. The second-order valence-corrected chi connectivity index (χ2v) is 2.59. The molecule has 0 unspecified atom stereocenters. The van der Waals surface area contributed by atoms with Crippen LogP contribution in [0.4, 0.5) is 5.69 Å². The van der Waals surface area contributed by atoms with Gasteiger partial charge in [-0.3, -0.25) is 9.63 Å². The topological polar surface area (TPSA) is 73.6 Å². The first-order chi connectivity index (χ1) is 6.69. The van der Waals surface area contributed by atoms with Crippen molar-refractivity contribution in [2.45, 2.75) is 0 Å². The quantitative estimate of drug-likeness (QED) is 0.547. The van der Waals surface area contributed by atoms with Gasteiger partial charge in [0.15, 0.2) is 0 Å². The van der Waals surface area contributed by atoms with Crippen molar-refractivity contribution in [3.05, 3.63) is 23.8 Å². The number of ether oxygens (including phenoxy) is 1. The molecule has 0 fully saturated rings. The lowest BCUT2D eigenvalue weighted by Gasteiger charge is -2.07. The molecule has 0 aliphatic carbocycles. The Kier molecular flexibility index (Phi) is 3.30. The van der Waals surface area contributed by atoms with Gasteiger partial charge >= 0.3 is 0 Å². The van der Waals surface area contributed by atoms with Gasteiger partial charge in [-0.2, -0.15) is 0 Å². The molecule has 0 aliphatic rings. The fourth-order valence-corrected chi connectivity index (χ4v) is 1.01. The Hall–Kier alpha value is -1.75. The Morgan fingerprint density at radius 1 is 1.43 bits per heavy atom. The number of carbonyl (C=O) groups excluding carboxylic acids is 1. The van der Waals surface area contributed by atoms with Crippen LogP contribution in [0.15, 0.2) is 18.2 Å². The predicted octanol–water partition coefficient (Wildman–Crippen LogP) is 0.569. The summed E-state index contributed by atoms with van der Waals surface area (Å²) in [5, 5.41) is 0. The molecule has 76 valence electrons. The molecule has 1 aromatic rings. The van der Waals surface area contributed by atoms with E-state index in [1.54, 1.807) is 18.2 Å². The highest BCUT2D eigenvalue weighted by atomic mass is 16.6. The highest BCUT2D eigenvalue weighted by Crippen LogP contribution is 2.19. The van der Waals surface area contributed by atoms with Gasteiger partial charge in [0.25, 0.3) is 5.91 Å². The molecule has 0 atom stereocenters. The number of nitrogens with two attached hydrogens (primary N) is 1. The third-order valence-electron chi connectivity index (χ3n) is 1.70. The van der Waals surface area contributed by atoms with Gasteiger partial charge in [0, 0.05) is 5.69 Å². The van der Waals surface area contributed by atoms with Gasteiger partial charge in [-0.05, 0) is 18.2 Å². The van der Waals surface area contributed by atoms with Crippen molar-refractivity contribution in [1.82, 2.24) is 5.48 Å². The van der Waals surface area contributed by atoms with Crippen LogP contribution in [0.1, 0.15) is 10.4 Å². The minimum atomic E-state index is -0.399. The van der Waals surface area contributed by atoms with Crippen molar-refractivity contribution in [3.63, 3.8) is 0 Å². The van der Waals surface area contributed by atoms with E-state index >= 15 is 0 Å². The molecule has 0 aromatic heterocycles. The fourth-order valence-electron chi connectivity index (χ4n) is 1.01. The van der Waals surface area contributed by atoms with Crippen molar-refractivity contribution < 1.29 is 14.4 Å². The SMILES string of the molecule is CONC(=O)c1cc(OC)ccc1N. The molecule has 1 aromatic carbocycles. The molecule has 0 radical (unpaired) electrons. The summed E-state index contributed by atoms with van der Waals surface area (Å²) in [5.41, 5.74) is 8.48. The van der Waals surface area contributed by atoms with E-state index in [0.717, 1.165) is 0 Å². The lowest BCUT2D eigenvalue weighted by molar-refractivity contribution is 0.0538. The molecule has 5 heteroatoms. The van der Waals surface area contributed by atoms with Crippen LogP contribution in [0, 0.1) is 0 Å². The van der Waals surface area contributed by atoms with E-state index in [4.69, 9.17) is 10.5 Å². The van der Waals surface area contributed by atoms with E-state index in [1.807, 2.05) is 0 Å². The largest absolute Gasteiger partial charge is 0.497 e. The summed E-state index contributed by atoms with van der Waals surface area (Å²) in [4.78, 5) is 15.9. The fraction of sp³-hybridized carbons (Fsp3) is 0.222. The minimum Gasteiger partial charge on any atom is -0.497 e. The number of anilines is 1. The van der Waals surface area contributed by atoms with Crippen molar-refractivity contribution in [1.29, 1.82) is 0 Å². The van der Waals surface area contributed by atoms with Crippen LogP contribution < -0.4 is 16.0 Å². The second-order valence-electron chi connectivity index (χ2n) is 2.59. The van der Waals surface area contributed by atoms with Gasteiger partial charge in [-0.1, -0.05) is 0 Å². The van der Waals surface area contributed by atoms with E-state index < -0.39 is 5.91 Å². The molecule has 3 N–H and O–H groups in total. The molecule has 0 heterocycles. The van der Waals surface area contributed by atoms with E-state index in [2.05, 4.69) is 10.3 Å². The number of nitrogens with one attached hydrogen (secondary N) is 1. The summed E-state index contributed by atoms with van der Waals surface area (Å²) in [5.74, 6) is 0.171. The number of hydrogen-bond donors (Lipinski definition) is 2. The van der Waals surface area contributed by atoms with Gasteiger partial charge in [-0.25, -0.2) is 5.48 Å². The lowest BCUT2D eigenvalue weighted by atomic mass is 10.1. The van der Waals surface area contributed by atoms with Crippen LogP contribution in [0.25, 0.3) is 0 Å². The zero-order valence-corrected chi connectivity index (χ0v) is 8.03. The summed E-state index contributed by atoms with van der Waals surface area (Å²) >= 11 is 0. The number of rotatable bonds is 3. The van der Waals surface area contributed by atoms with Crippen molar-refractivity contribution >= 4 is 11.6 Å². The van der Waals surface area contributed by atoms with E-state index in [-0.39, 0.29) is 0 Å². The van der Waals surface area contributed by atoms with E-state index in [1.165, 1.54) is 14.2 Å². The maximum Gasteiger partial charge on any atom is 0.277 e. The molecule has 1 rings (SSSR count). The van der Waals surface area contributed by atoms with Gasteiger partial charge in [0.2, 0.25) is 0 Å². The number of hydroxylamine groups is 1. The maximum absolute atomic E-state index is 11.4. The molecular weight excluding hydrogens is 184 g/mol. The first-order valence-electron chi connectivity index (χ1n) is 3.96. The van der Waals surface area contributed by atoms with Crippen LogP contribution in [-0.4, -0.2) is 20.1 Å². The van der Waals surface area contributed by atoms with Crippen molar-refractivity contribution in [3.8, 4) is 5.75 Å². The first kappa shape index (κ1) is 10.3. The standard InChI is InChI=1S/C9H12N2O3/c1-13-6-3-4-8(10)7(5-6)9(12)11-14-2/h3-5H,10H2,1-2H3,(H,11,12). The number of carbonyl (C=O) groups is 1. The summed E-state index contributed by atoms with van der Waals surface area (Å²) in [6.45, 7) is 0. The lowest BCUT2D eigenvalue weighted by Crippen LogP contribution is -2.22. The van der Waals surface area contributed by atoms with Gasteiger partial charge < -0.3 is 10.5 Å². The average Bonchev–Trinajstić information content (AvgIpc) is 2.19. The molecule has 0 saturated heterocycles. The van der Waals surface area contributed by atoms with Crippen LogP contribution in [0.3, 0.4) is 0 Å². The Bertz CT molecular complexity index is 339. The molecule has 0 spiro atoms. The molecule has 5 nitrogen and oxygen atoms in total. The second kappa shape index (κ2) is 4.48. The number of amides is 1. The first-order valence-corrected chi connectivity index (χ1v) is 3.96.